The van der Waals surface area contributed by atoms with Crippen LogP contribution >= 0.6 is 0 Å². The Morgan fingerprint density at radius 1 is 1.30 bits per heavy atom. The van der Waals surface area contributed by atoms with Gasteiger partial charge in [-0.3, -0.25) is 4.90 Å². The first-order valence-corrected chi connectivity index (χ1v) is 6.47. The fraction of sp³-hybridized carbons (Fsp3) is 0.400. The van der Waals surface area contributed by atoms with Crippen LogP contribution < -0.4 is 0 Å². The van der Waals surface area contributed by atoms with Gasteiger partial charge in [-0.15, -0.1) is 0 Å². The van der Waals surface area contributed by atoms with Crippen molar-refractivity contribution >= 4 is 0 Å². The molecule has 108 valence electrons. The molecule has 1 heterocycles. The van der Waals surface area contributed by atoms with Crippen LogP contribution in [0, 0.1) is 25.5 Å². The SMILES string of the molecule is Cc1noc(C)c1CN(C)C(C)c1ccc(F)cc1F. The Bertz CT molecular complexity index is 590. The zero-order valence-corrected chi connectivity index (χ0v) is 12.1. The Morgan fingerprint density at radius 2 is 2.00 bits per heavy atom. The lowest BCUT2D eigenvalue weighted by atomic mass is 10.1. The third-order valence-corrected chi connectivity index (χ3v) is 3.66. The maximum atomic E-state index is 13.8. The molecule has 0 N–H and O–H groups in total. The number of hydrogen-bond donors (Lipinski definition) is 0. The van der Waals surface area contributed by atoms with Gasteiger partial charge in [-0.25, -0.2) is 8.78 Å². The molecule has 0 aliphatic heterocycles. The summed E-state index contributed by atoms with van der Waals surface area (Å²) in [6.07, 6.45) is 0. The van der Waals surface area contributed by atoms with E-state index in [9.17, 15) is 8.78 Å². The minimum atomic E-state index is -0.563. The molecule has 0 aliphatic rings. The summed E-state index contributed by atoms with van der Waals surface area (Å²) in [6.45, 7) is 6.21. The Labute approximate surface area is 117 Å². The lowest BCUT2D eigenvalue weighted by molar-refractivity contribution is 0.245. The number of aromatic nitrogens is 1. The molecule has 1 atom stereocenters. The average Bonchev–Trinajstić information content (AvgIpc) is 2.70. The molecule has 0 fully saturated rings. The van der Waals surface area contributed by atoms with Gasteiger partial charge in [0.1, 0.15) is 17.4 Å². The van der Waals surface area contributed by atoms with Gasteiger partial charge < -0.3 is 4.52 Å². The van der Waals surface area contributed by atoms with E-state index in [2.05, 4.69) is 5.16 Å². The lowest BCUT2D eigenvalue weighted by Gasteiger charge is -2.25. The molecule has 1 aromatic heterocycles. The van der Waals surface area contributed by atoms with Gasteiger partial charge in [-0.2, -0.15) is 0 Å². The number of hydrogen-bond acceptors (Lipinski definition) is 3. The predicted octanol–water partition coefficient (Wildman–Crippen LogP) is 3.76. The predicted molar refractivity (Wildman–Crippen MR) is 72.2 cm³/mol. The van der Waals surface area contributed by atoms with E-state index in [0.29, 0.717) is 12.1 Å². The van der Waals surface area contributed by atoms with Gasteiger partial charge in [0.15, 0.2) is 0 Å². The van der Waals surface area contributed by atoms with Gasteiger partial charge >= 0.3 is 0 Å². The minimum absolute atomic E-state index is 0.177. The van der Waals surface area contributed by atoms with E-state index in [1.807, 2.05) is 32.7 Å². The second-order valence-corrected chi connectivity index (χ2v) is 5.06. The Morgan fingerprint density at radius 3 is 2.55 bits per heavy atom. The van der Waals surface area contributed by atoms with Gasteiger partial charge in [0.25, 0.3) is 0 Å². The molecule has 0 saturated carbocycles. The highest BCUT2D eigenvalue weighted by molar-refractivity contribution is 5.24. The Kier molecular flexibility index (Phi) is 4.18. The zero-order valence-electron chi connectivity index (χ0n) is 12.1. The van der Waals surface area contributed by atoms with E-state index in [1.54, 1.807) is 0 Å². The molecule has 5 heteroatoms. The van der Waals surface area contributed by atoms with Crippen molar-refractivity contribution in [3.05, 3.63) is 52.4 Å². The van der Waals surface area contributed by atoms with Crippen LogP contribution in [0.3, 0.4) is 0 Å². The lowest BCUT2D eigenvalue weighted by Crippen LogP contribution is -2.23. The van der Waals surface area contributed by atoms with Gasteiger partial charge in [-0.05, 0) is 33.9 Å². The number of rotatable bonds is 4. The van der Waals surface area contributed by atoms with Gasteiger partial charge in [-0.1, -0.05) is 11.2 Å². The van der Waals surface area contributed by atoms with Gasteiger partial charge in [0.2, 0.25) is 0 Å². The second-order valence-electron chi connectivity index (χ2n) is 5.06. The molecule has 1 aromatic carbocycles. The number of aryl methyl sites for hydroxylation is 2. The smallest absolute Gasteiger partial charge is 0.138 e. The molecular formula is C15H18F2N2O. The maximum Gasteiger partial charge on any atom is 0.138 e. The van der Waals surface area contributed by atoms with Crippen molar-refractivity contribution in [2.45, 2.75) is 33.4 Å². The van der Waals surface area contributed by atoms with Crippen LogP contribution in [0.5, 0.6) is 0 Å². The molecule has 0 amide bonds. The van der Waals surface area contributed by atoms with Crippen molar-refractivity contribution in [1.29, 1.82) is 0 Å². The largest absolute Gasteiger partial charge is 0.361 e. The standard InChI is InChI=1S/C15H18F2N2O/c1-9-14(11(3)20-18-9)8-19(4)10(2)13-6-5-12(16)7-15(13)17/h5-7,10H,8H2,1-4H3. The first kappa shape index (κ1) is 14.7. The highest BCUT2D eigenvalue weighted by Crippen LogP contribution is 2.25. The summed E-state index contributed by atoms with van der Waals surface area (Å²) in [7, 11) is 1.89. The summed E-state index contributed by atoms with van der Waals surface area (Å²) >= 11 is 0. The minimum Gasteiger partial charge on any atom is -0.361 e. The zero-order chi connectivity index (χ0) is 14.9. The molecule has 20 heavy (non-hydrogen) atoms. The fourth-order valence-electron chi connectivity index (χ4n) is 2.19. The Hall–Kier alpha value is -1.75. The van der Waals surface area contributed by atoms with E-state index >= 15 is 0 Å². The molecule has 0 saturated heterocycles. The van der Waals surface area contributed by atoms with E-state index in [0.717, 1.165) is 23.1 Å². The van der Waals surface area contributed by atoms with Crippen molar-refractivity contribution < 1.29 is 13.3 Å². The van der Waals surface area contributed by atoms with Crippen molar-refractivity contribution in [1.82, 2.24) is 10.1 Å². The van der Waals surface area contributed by atoms with Gasteiger partial charge in [0, 0.05) is 29.8 Å². The molecule has 1 unspecified atom stereocenters. The monoisotopic (exact) mass is 280 g/mol. The third-order valence-electron chi connectivity index (χ3n) is 3.66. The molecule has 0 bridgehead atoms. The highest BCUT2D eigenvalue weighted by atomic mass is 19.1. The molecule has 2 aromatic rings. The van der Waals surface area contributed by atoms with Crippen molar-refractivity contribution in [2.75, 3.05) is 7.05 Å². The van der Waals surface area contributed by atoms with Gasteiger partial charge in [0.05, 0.1) is 5.69 Å². The topological polar surface area (TPSA) is 29.3 Å². The van der Waals surface area contributed by atoms with Crippen LogP contribution in [0.15, 0.2) is 22.7 Å². The van der Waals surface area contributed by atoms with Crippen molar-refractivity contribution in [2.24, 2.45) is 0 Å². The van der Waals surface area contributed by atoms with E-state index in [4.69, 9.17) is 4.52 Å². The first-order chi connectivity index (χ1) is 9.40. The number of halogens is 2. The molecule has 3 nitrogen and oxygen atoms in total. The Balaban J connectivity index is 2.18. The maximum absolute atomic E-state index is 13.8. The van der Waals surface area contributed by atoms with Crippen LogP contribution in [0.4, 0.5) is 8.78 Å². The van der Waals surface area contributed by atoms with Crippen LogP contribution in [-0.2, 0) is 6.54 Å². The van der Waals surface area contributed by atoms with E-state index in [-0.39, 0.29) is 6.04 Å². The summed E-state index contributed by atoms with van der Waals surface area (Å²) in [6, 6.07) is 3.50. The van der Waals surface area contributed by atoms with E-state index < -0.39 is 11.6 Å². The van der Waals surface area contributed by atoms with Crippen LogP contribution in [0.2, 0.25) is 0 Å². The van der Waals surface area contributed by atoms with Crippen LogP contribution in [0.1, 0.15) is 35.5 Å². The molecule has 0 aliphatic carbocycles. The summed E-state index contributed by atoms with van der Waals surface area (Å²) in [4.78, 5) is 1.98. The first-order valence-electron chi connectivity index (χ1n) is 6.47. The summed E-state index contributed by atoms with van der Waals surface area (Å²) in [5.41, 5.74) is 2.31. The molecular weight excluding hydrogens is 262 g/mol. The van der Waals surface area contributed by atoms with Crippen molar-refractivity contribution in [3.63, 3.8) is 0 Å². The number of benzene rings is 1. The highest BCUT2D eigenvalue weighted by Gasteiger charge is 2.19. The van der Waals surface area contributed by atoms with Crippen LogP contribution in [0.25, 0.3) is 0 Å². The molecule has 0 spiro atoms. The summed E-state index contributed by atoms with van der Waals surface area (Å²) in [5.74, 6) is -0.323. The van der Waals surface area contributed by atoms with E-state index in [1.165, 1.54) is 12.1 Å². The second kappa shape index (κ2) is 5.71. The average molecular weight is 280 g/mol. The summed E-state index contributed by atoms with van der Waals surface area (Å²) < 4.78 is 31.9. The summed E-state index contributed by atoms with van der Waals surface area (Å²) in [5, 5.41) is 3.91. The van der Waals surface area contributed by atoms with Crippen LogP contribution in [-0.4, -0.2) is 17.1 Å². The van der Waals surface area contributed by atoms with Crippen molar-refractivity contribution in [3.8, 4) is 0 Å². The third kappa shape index (κ3) is 2.88. The molecule has 2 rings (SSSR count). The fourth-order valence-corrected chi connectivity index (χ4v) is 2.19. The normalized spacial score (nSPS) is 12.9. The molecule has 0 radical (unpaired) electrons. The number of nitrogens with zero attached hydrogens (tertiary/aromatic N) is 2. The quantitative estimate of drug-likeness (QED) is 0.854.